The van der Waals surface area contributed by atoms with Gasteiger partial charge in [0.2, 0.25) is 0 Å². The van der Waals surface area contributed by atoms with E-state index in [1.54, 1.807) is 12.1 Å². The van der Waals surface area contributed by atoms with Gasteiger partial charge < -0.3 is 10.1 Å². The molecule has 0 saturated heterocycles. The van der Waals surface area contributed by atoms with E-state index in [1.807, 2.05) is 0 Å². The normalized spacial score (nSPS) is 13.4. The van der Waals surface area contributed by atoms with Crippen molar-refractivity contribution in [3.63, 3.8) is 0 Å². The average molecular weight is 407 g/mol. The molecular weight excluding hydrogens is 401 g/mol. The Morgan fingerprint density at radius 2 is 2.05 bits per heavy atom. The molecule has 1 aliphatic rings. The van der Waals surface area contributed by atoms with E-state index < -0.39 is 0 Å². The number of nitrogens with one attached hydrogen (secondary N) is 1. The number of hydrogen-bond donors (Lipinski definition) is 1. The van der Waals surface area contributed by atoms with Gasteiger partial charge in [0.15, 0.2) is 12.4 Å². The maximum absolute atomic E-state index is 12.5. The highest BCUT2D eigenvalue weighted by Gasteiger charge is 2.23. The number of carbonyl (C=O) groups excluding carboxylic acids is 2. The predicted octanol–water partition coefficient (Wildman–Crippen LogP) is 4.38. The molecule has 0 saturated carbocycles. The van der Waals surface area contributed by atoms with Crippen LogP contribution in [0.2, 0.25) is 8.67 Å². The molecule has 1 aliphatic heterocycles. The van der Waals surface area contributed by atoms with Crippen LogP contribution in [0.3, 0.4) is 0 Å². The Kier molecular flexibility index (Phi) is 3.96. The summed E-state index contributed by atoms with van der Waals surface area (Å²) in [7, 11) is 0. The number of ketones is 1. The van der Waals surface area contributed by atoms with Gasteiger partial charge in [-0.25, -0.2) is 0 Å². The third-order valence-corrected chi connectivity index (χ3v) is 4.99. The molecule has 0 bridgehead atoms. The second-order valence-electron chi connectivity index (χ2n) is 4.23. The molecule has 0 fully saturated rings. The summed E-state index contributed by atoms with van der Waals surface area (Å²) in [5, 5.41) is 2.67. The number of fused-ring (bicyclic) bond motifs is 1. The Hall–Kier alpha value is -1.08. The summed E-state index contributed by atoms with van der Waals surface area (Å²) in [4.78, 5) is 23.8. The fraction of sp³-hybridized carbons (Fsp3) is 0.0769. The lowest BCUT2D eigenvalue weighted by Gasteiger charge is -2.19. The highest BCUT2D eigenvalue weighted by atomic mass is 79.9. The lowest BCUT2D eigenvalue weighted by atomic mass is 10.0. The molecule has 2 heterocycles. The molecule has 2 aromatic rings. The molecule has 1 N–H and O–H groups in total. The number of amides is 1. The zero-order chi connectivity index (χ0) is 15.1. The van der Waals surface area contributed by atoms with Crippen molar-refractivity contribution < 1.29 is 14.3 Å². The summed E-state index contributed by atoms with van der Waals surface area (Å²) in [5.74, 6) is -0.0574. The Labute approximate surface area is 142 Å². The van der Waals surface area contributed by atoms with Gasteiger partial charge in [-0.15, -0.1) is 11.3 Å². The number of halogens is 3. The topological polar surface area (TPSA) is 55.4 Å². The Morgan fingerprint density at radius 1 is 1.29 bits per heavy atom. The van der Waals surface area contributed by atoms with Crippen molar-refractivity contribution >= 4 is 67.8 Å². The van der Waals surface area contributed by atoms with Gasteiger partial charge in [-0.2, -0.15) is 0 Å². The van der Waals surface area contributed by atoms with Crippen LogP contribution in [0, 0.1) is 0 Å². The van der Waals surface area contributed by atoms with Crippen molar-refractivity contribution in [3.8, 4) is 5.75 Å². The van der Waals surface area contributed by atoms with E-state index in [0.29, 0.717) is 35.7 Å². The summed E-state index contributed by atoms with van der Waals surface area (Å²) < 4.78 is 6.63. The molecule has 4 nitrogen and oxygen atoms in total. The van der Waals surface area contributed by atoms with Crippen LogP contribution in [0.25, 0.3) is 0 Å². The Morgan fingerprint density at radius 3 is 2.71 bits per heavy atom. The first-order chi connectivity index (χ1) is 9.95. The summed E-state index contributed by atoms with van der Waals surface area (Å²) in [6, 6.07) is 4.73. The molecule has 1 aromatic heterocycles. The van der Waals surface area contributed by atoms with Crippen molar-refractivity contribution in [2.75, 3.05) is 11.9 Å². The van der Waals surface area contributed by atoms with E-state index in [4.69, 9.17) is 27.9 Å². The number of benzene rings is 1. The van der Waals surface area contributed by atoms with Crippen LogP contribution < -0.4 is 10.1 Å². The molecule has 0 spiro atoms. The molecule has 108 valence electrons. The first kappa shape index (κ1) is 14.8. The minimum Gasteiger partial charge on any atom is -0.482 e. The number of anilines is 1. The van der Waals surface area contributed by atoms with Crippen molar-refractivity contribution in [1.29, 1.82) is 0 Å². The smallest absolute Gasteiger partial charge is 0.262 e. The lowest BCUT2D eigenvalue weighted by Crippen LogP contribution is -2.25. The quantitative estimate of drug-likeness (QED) is 0.753. The van der Waals surface area contributed by atoms with Crippen LogP contribution in [0.4, 0.5) is 5.69 Å². The van der Waals surface area contributed by atoms with Gasteiger partial charge in [0.1, 0.15) is 10.1 Å². The highest BCUT2D eigenvalue weighted by molar-refractivity contribution is 9.10. The van der Waals surface area contributed by atoms with Crippen LogP contribution in [0.5, 0.6) is 5.75 Å². The summed E-state index contributed by atoms with van der Waals surface area (Å²) in [5.41, 5.74) is 1.25. The van der Waals surface area contributed by atoms with Crippen molar-refractivity contribution in [2.45, 2.75) is 0 Å². The second-order valence-corrected chi connectivity index (χ2v) is 7.37. The van der Waals surface area contributed by atoms with E-state index >= 15 is 0 Å². The maximum Gasteiger partial charge on any atom is 0.262 e. The largest absolute Gasteiger partial charge is 0.482 e. The SMILES string of the molecule is O=C1COc2cc(C(=O)c3cc(Cl)sc3Cl)c(Br)cc2N1. The predicted molar refractivity (Wildman–Crippen MR) is 86.0 cm³/mol. The van der Waals surface area contributed by atoms with Gasteiger partial charge in [-0.05, 0) is 34.1 Å². The number of carbonyl (C=O) groups is 2. The fourth-order valence-electron chi connectivity index (χ4n) is 1.91. The molecule has 3 rings (SSSR count). The number of hydrogen-bond acceptors (Lipinski definition) is 4. The molecule has 21 heavy (non-hydrogen) atoms. The van der Waals surface area contributed by atoms with Gasteiger partial charge in [0, 0.05) is 10.0 Å². The lowest BCUT2D eigenvalue weighted by molar-refractivity contribution is -0.118. The van der Waals surface area contributed by atoms with E-state index in [2.05, 4.69) is 21.2 Å². The Balaban J connectivity index is 2.05. The van der Waals surface area contributed by atoms with Crippen molar-refractivity contribution in [1.82, 2.24) is 0 Å². The monoisotopic (exact) mass is 405 g/mol. The van der Waals surface area contributed by atoms with Crippen LogP contribution in [-0.2, 0) is 4.79 Å². The average Bonchev–Trinajstić information content (AvgIpc) is 2.76. The second kappa shape index (κ2) is 5.61. The number of ether oxygens (including phenoxy) is 1. The zero-order valence-corrected chi connectivity index (χ0v) is 14.1. The van der Waals surface area contributed by atoms with Gasteiger partial charge in [0.05, 0.1) is 15.6 Å². The van der Waals surface area contributed by atoms with Gasteiger partial charge in [-0.3, -0.25) is 9.59 Å². The first-order valence-electron chi connectivity index (χ1n) is 5.71. The van der Waals surface area contributed by atoms with Crippen LogP contribution in [0.15, 0.2) is 22.7 Å². The summed E-state index contributed by atoms with van der Waals surface area (Å²) >= 11 is 16.3. The molecule has 0 unspecified atom stereocenters. The maximum atomic E-state index is 12.5. The van der Waals surface area contributed by atoms with E-state index in [9.17, 15) is 9.59 Å². The van der Waals surface area contributed by atoms with E-state index in [-0.39, 0.29) is 18.3 Å². The fourth-order valence-corrected chi connectivity index (χ4v) is 3.90. The van der Waals surface area contributed by atoms with Gasteiger partial charge >= 0.3 is 0 Å². The number of thiophene rings is 1. The van der Waals surface area contributed by atoms with E-state index in [1.165, 1.54) is 6.07 Å². The summed E-state index contributed by atoms with van der Waals surface area (Å²) in [6.07, 6.45) is 0. The molecule has 0 radical (unpaired) electrons. The minimum absolute atomic E-state index is 0.0761. The van der Waals surface area contributed by atoms with Crippen LogP contribution >= 0.6 is 50.5 Å². The Bertz CT molecular complexity index is 775. The third kappa shape index (κ3) is 2.81. The zero-order valence-electron chi connectivity index (χ0n) is 10.2. The standard InChI is InChI=1S/C13H6BrCl2NO3S/c14-7-3-8-9(20-4-11(18)17-8)1-5(7)12(19)6-2-10(15)21-13(6)16/h1-3H,4H2,(H,17,18). The third-order valence-electron chi connectivity index (χ3n) is 2.85. The van der Waals surface area contributed by atoms with Crippen molar-refractivity contribution in [3.05, 3.63) is 42.5 Å². The van der Waals surface area contributed by atoms with Crippen LogP contribution in [0.1, 0.15) is 15.9 Å². The van der Waals surface area contributed by atoms with Gasteiger partial charge in [-0.1, -0.05) is 23.2 Å². The molecule has 1 amide bonds. The molecule has 1 aromatic carbocycles. The molecule has 0 atom stereocenters. The molecular formula is C13H6BrCl2NO3S. The van der Waals surface area contributed by atoms with Gasteiger partial charge in [0.25, 0.3) is 5.91 Å². The van der Waals surface area contributed by atoms with Crippen molar-refractivity contribution in [2.24, 2.45) is 0 Å². The van der Waals surface area contributed by atoms with E-state index in [0.717, 1.165) is 11.3 Å². The highest BCUT2D eigenvalue weighted by Crippen LogP contribution is 2.37. The molecule has 8 heteroatoms. The summed E-state index contributed by atoms with van der Waals surface area (Å²) in [6.45, 7) is -0.0761. The number of rotatable bonds is 2. The first-order valence-corrected chi connectivity index (χ1v) is 8.08. The minimum atomic E-state index is -0.265. The molecule has 0 aliphatic carbocycles. The van der Waals surface area contributed by atoms with Crippen LogP contribution in [-0.4, -0.2) is 18.3 Å².